The molecule has 0 saturated carbocycles. The second-order valence-corrected chi connectivity index (χ2v) is 4.06. The minimum absolute atomic E-state index is 0.0257. The highest BCUT2D eigenvalue weighted by molar-refractivity contribution is 5.74. The normalized spacial score (nSPS) is 18.3. The van der Waals surface area contributed by atoms with Gasteiger partial charge in [0.05, 0.1) is 5.69 Å². The number of nitrogens with one attached hydrogen (secondary N) is 2. The fourth-order valence-corrected chi connectivity index (χ4v) is 1.84. The predicted octanol–water partition coefficient (Wildman–Crippen LogP) is 0.155. The quantitative estimate of drug-likeness (QED) is 0.516. The highest BCUT2D eigenvalue weighted by Crippen LogP contribution is 2.12. The Labute approximate surface area is 99.3 Å². The maximum atomic E-state index is 10.9. The molecule has 1 aromatic heterocycles. The van der Waals surface area contributed by atoms with Crippen LogP contribution < -0.4 is 10.8 Å². The van der Waals surface area contributed by atoms with Crippen molar-refractivity contribution in [1.82, 2.24) is 20.6 Å². The first kappa shape index (κ1) is 11.8. The molecule has 1 aliphatic rings. The van der Waals surface area contributed by atoms with Gasteiger partial charge in [-0.1, -0.05) is 5.57 Å². The zero-order valence-corrected chi connectivity index (χ0v) is 9.52. The van der Waals surface area contributed by atoms with Crippen molar-refractivity contribution >= 4 is 12.0 Å². The van der Waals surface area contributed by atoms with Crippen LogP contribution in [-0.2, 0) is 11.3 Å². The lowest BCUT2D eigenvalue weighted by atomic mass is 10.1. The Morgan fingerprint density at radius 3 is 3.29 bits per heavy atom. The Kier molecular flexibility index (Phi) is 3.89. The average Bonchev–Trinajstić information content (AvgIpc) is 2.77. The molecule has 1 aromatic rings. The maximum Gasteiger partial charge on any atom is 0.265 e. The maximum absolute atomic E-state index is 10.9. The Bertz CT molecular complexity index is 417. The van der Waals surface area contributed by atoms with Crippen LogP contribution in [0.25, 0.3) is 6.08 Å². The van der Waals surface area contributed by atoms with Gasteiger partial charge in [-0.3, -0.25) is 14.7 Å². The van der Waals surface area contributed by atoms with E-state index in [2.05, 4.69) is 10.4 Å². The lowest BCUT2D eigenvalue weighted by molar-refractivity contribution is -0.130. The fraction of sp³-hybridized carbons (Fsp3) is 0.455. The Morgan fingerprint density at radius 2 is 2.59 bits per heavy atom. The average molecular weight is 236 g/mol. The fourth-order valence-electron chi connectivity index (χ4n) is 1.84. The van der Waals surface area contributed by atoms with Gasteiger partial charge in [0.15, 0.2) is 0 Å². The number of amides is 1. The molecule has 0 bridgehead atoms. The summed E-state index contributed by atoms with van der Waals surface area (Å²) in [5.74, 6) is -0.480. The Morgan fingerprint density at radius 1 is 1.71 bits per heavy atom. The molecular formula is C11H16N4O2. The summed E-state index contributed by atoms with van der Waals surface area (Å²) in [5, 5.41) is 15.9. The van der Waals surface area contributed by atoms with Crippen molar-refractivity contribution in [2.45, 2.75) is 19.4 Å². The second-order valence-electron chi connectivity index (χ2n) is 4.06. The van der Waals surface area contributed by atoms with E-state index < -0.39 is 5.91 Å². The van der Waals surface area contributed by atoms with Gasteiger partial charge in [0.2, 0.25) is 0 Å². The van der Waals surface area contributed by atoms with Gasteiger partial charge in [-0.2, -0.15) is 5.10 Å². The summed E-state index contributed by atoms with van der Waals surface area (Å²) in [5.41, 5.74) is 3.75. The molecule has 0 spiro atoms. The van der Waals surface area contributed by atoms with Crippen molar-refractivity contribution in [3.8, 4) is 0 Å². The number of carbonyl (C=O) groups excluding carboxylic acids is 1. The minimum Gasteiger partial charge on any atom is -0.313 e. The van der Waals surface area contributed by atoms with Crippen LogP contribution in [0.1, 0.15) is 18.5 Å². The van der Waals surface area contributed by atoms with Crippen LogP contribution in [0, 0.1) is 0 Å². The molecule has 3 N–H and O–H groups in total. The van der Waals surface area contributed by atoms with E-state index in [4.69, 9.17) is 5.21 Å². The first-order valence-corrected chi connectivity index (χ1v) is 5.64. The van der Waals surface area contributed by atoms with E-state index in [9.17, 15) is 4.79 Å². The lowest BCUT2D eigenvalue weighted by Crippen LogP contribution is -2.24. The zero-order valence-electron chi connectivity index (χ0n) is 9.52. The molecule has 17 heavy (non-hydrogen) atoms. The topological polar surface area (TPSA) is 79.2 Å². The Hall–Kier alpha value is -1.66. The van der Waals surface area contributed by atoms with Gasteiger partial charge < -0.3 is 5.32 Å². The number of aromatic nitrogens is 2. The largest absolute Gasteiger partial charge is 0.313 e. The van der Waals surface area contributed by atoms with Gasteiger partial charge in [0, 0.05) is 12.7 Å². The minimum atomic E-state index is -0.480. The summed E-state index contributed by atoms with van der Waals surface area (Å²) in [6.07, 6.45) is 6.01. The van der Waals surface area contributed by atoms with E-state index in [0.717, 1.165) is 31.6 Å². The van der Waals surface area contributed by atoms with Gasteiger partial charge in [0.1, 0.15) is 6.54 Å². The first-order valence-electron chi connectivity index (χ1n) is 5.64. The molecule has 6 heteroatoms. The molecule has 0 radical (unpaired) electrons. The molecule has 6 nitrogen and oxygen atoms in total. The van der Waals surface area contributed by atoms with Crippen LogP contribution in [0.5, 0.6) is 0 Å². The number of hydrogen-bond donors (Lipinski definition) is 3. The lowest BCUT2D eigenvalue weighted by Gasteiger charge is -2.14. The van der Waals surface area contributed by atoms with Crippen molar-refractivity contribution in [2.24, 2.45) is 0 Å². The molecule has 1 aliphatic heterocycles. The number of hydroxylamine groups is 1. The molecule has 0 unspecified atom stereocenters. The molecular weight excluding hydrogens is 220 g/mol. The van der Waals surface area contributed by atoms with Crippen LogP contribution in [0.4, 0.5) is 0 Å². The van der Waals surface area contributed by atoms with Gasteiger partial charge in [-0.05, 0) is 31.5 Å². The molecule has 1 fully saturated rings. The van der Waals surface area contributed by atoms with Crippen molar-refractivity contribution < 1.29 is 10.0 Å². The van der Waals surface area contributed by atoms with E-state index in [0.29, 0.717) is 0 Å². The van der Waals surface area contributed by atoms with Crippen molar-refractivity contribution in [1.29, 1.82) is 0 Å². The third kappa shape index (κ3) is 3.40. The molecule has 2 rings (SSSR count). The van der Waals surface area contributed by atoms with Crippen LogP contribution in [0.3, 0.4) is 0 Å². The van der Waals surface area contributed by atoms with Crippen LogP contribution in [-0.4, -0.2) is 34.0 Å². The molecule has 0 aliphatic carbocycles. The van der Waals surface area contributed by atoms with Gasteiger partial charge in [0.25, 0.3) is 5.91 Å². The SMILES string of the molecule is O=C(Cn1ccc(C=C2CCCNC2)n1)NO. The molecule has 1 saturated heterocycles. The summed E-state index contributed by atoms with van der Waals surface area (Å²) in [6.45, 7) is 2.00. The van der Waals surface area contributed by atoms with Crippen molar-refractivity contribution in [2.75, 3.05) is 13.1 Å². The smallest absolute Gasteiger partial charge is 0.265 e. The number of piperidine rings is 1. The summed E-state index contributed by atoms with van der Waals surface area (Å²) in [4.78, 5) is 10.9. The van der Waals surface area contributed by atoms with Crippen molar-refractivity contribution in [3.63, 3.8) is 0 Å². The van der Waals surface area contributed by atoms with E-state index in [1.165, 1.54) is 10.3 Å². The highest BCUT2D eigenvalue weighted by atomic mass is 16.5. The third-order valence-corrected chi connectivity index (χ3v) is 2.65. The number of carbonyl (C=O) groups is 1. The Balaban J connectivity index is 2.00. The monoisotopic (exact) mass is 236 g/mol. The summed E-state index contributed by atoms with van der Waals surface area (Å²) in [7, 11) is 0. The van der Waals surface area contributed by atoms with Gasteiger partial charge >= 0.3 is 0 Å². The summed E-state index contributed by atoms with van der Waals surface area (Å²) in [6, 6.07) is 1.85. The predicted molar refractivity (Wildman–Crippen MR) is 62.2 cm³/mol. The second kappa shape index (κ2) is 5.60. The number of rotatable bonds is 3. The summed E-state index contributed by atoms with van der Waals surface area (Å²) < 4.78 is 1.49. The van der Waals surface area contributed by atoms with E-state index >= 15 is 0 Å². The molecule has 1 amide bonds. The van der Waals surface area contributed by atoms with Crippen LogP contribution in [0.2, 0.25) is 0 Å². The van der Waals surface area contributed by atoms with Gasteiger partial charge in [-0.25, -0.2) is 5.48 Å². The van der Waals surface area contributed by atoms with Crippen molar-refractivity contribution in [3.05, 3.63) is 23.5 Å². The molecule has 0 atom stereocenters. The summed E-state index contributed by atoms with van der Waals surface area (Å²) >= 11 is 0. The molecule has 2 heterocycles. The number of nitrogens with zero attached hydrogens (tertiary/aromatic N) is 2. The van der Waals surface area contributed by atoms with Crippen LogP contribution >= 0.6 is 0 Å². The number of hydrogen-bond acceptors (Lipinski definition) is 4. The third-order valence-electron chi connectivity index (χ3n) is 2.65. The zero-order chi connectivity index (χ0) is 12.1. The van der Waals surface area contributed by atoms with E-state index in [1.807, 2.05) is 12.1 Å². The van der Waals surface area contributed by atoms with E-state index in [-0.39, 0.29) is 6.54 Å². The van der Waals surface area contributed by atoms with Gasteiger partial charge in [-0.15, -0.1) is 0 Å². The first-order chi connectivity index (χ1) is 8.28. The van der Waals surface area contributed by atoms with Crippen LogP contribution in [0.15, 0.2) is 17.8 Å². The molecule has 92 valence electrons. The standard InChI is InChI=1S/C11H16N4O2/c16-11(14-17)8-15-5-3-10(13-15)6-9-2-1-4-12-7-9/h3,5-6,12,17H,1-2,4,7-8H2,(H,14,16). The molecule has 0 aromatic carbocycles. The van der Waals surface area contributed by atoms with E-state index in [1.54, 1.807) is 11.7 Å². The highest BCUT2D eigenvalue weighted by Gasteiger charge is 2.06.